The molecular formula is C18H19NO3. The SMILES string of the molecule is O=C(O)[C@H]1[C@@H]2C=C[C@H]([C@H]3C[C@H]23)[C@@H]1C(=O)NCc1ccccc1. The van der Waals surface area contributed by atoms with Crippen LogP contribution in [0.15, 0.2) is 42.5 Å². The highest BCUT2D eigenvalue weighted by Crippen LogP contribution is 2.63. The van der Waals surface area contributed by atoms with Gasteiger partial charge in [0.1, 0.15) is 0 Å². The van der Waals surface area contributed by atoms with Gasteiger partial charge < -0.3 is 10.4 Å². The van der Waals surface area contributed by atoms with E-state index >= 15 is 0 Å². The van der Waals surface area contributed by atoms with Gasteiger partial charge in [0.15, 0.2) is 0 Å². The third kappa shape index (κ3) is 2.05. The van der Waals surface area contributed by atoms with Gasteiger partial charge in [-0.1, -0.05) is 42.5 Å². The van der Waals surface area contributed by atoms with Gasteiger partial charge in [0.05, 0.1) is 11.8 Å². The molecule has 0 heterocycles. The number of aliphatic carboxylic acids is 1. The summed E-state index contributed by atoms with van der Waals surface area (Å²) < 4.78 is 0. The number of carbonyl (C=O) groups is 2. The van der Waals surface area contributed by atoms with E-state index in [0.717, 1.165) is 12.0 Å². The van der Waals surface area contributed by atoms with Crippen LogP contribution in [0.3, 0.4) is 0 Å². The molecule has 114 valence electrons. The standard InChI is InChI=1S/C18H19NO3/c20-17(19-9-10-4-2-1-3-5-10)15-11-6-7-12(14-8-13(11)14)16(15)18(21)22/h1-7,11-16H,8-9H2,(H,19,20)(H,21,22)/t11-,12-,13-,14-,15+,16+/m1/s1. The molecule has 2 N–H and O–H groups in total. The fraction of sp³-hybridized carbons (Fsp3) is 0.444. The Morgan fingerprint density at radius 2 is 1.68 bits per heavy atom. The van der Waals surface area contributed by atoms with Crippen molar-refractivity contribution in [1.82, 2.24) is 5.32 Å². The van der Waals surface area contributed by atoms with E-state index in [4.69, 9.17) is 0 Å². The van der Waals surface area contributed by atoms with Crippen molar-refractivity contribution in [2.24, 2.45) is 35.5 Å². The molecule has 1 aromatic rings. The lowest BCUT2D eigenvalue weighted by atomic mass is 9.62. The molecule has 6 atom stereocenters. The second-order valence-corrected chi connectivity index (χ2v) is 6.70. The average Bonchev–Trinajstić information content (AvgIpc) is 3.35. The minimum atomic E-state index is -0.829. The van der Waals surface area contributed by atoms with E-state index in [1.165, 1.54) is 0 Å². The summed E-state index contributed by atoms with van der Waals surface area (Å²) in [7, 11) is 0. The quantitative estimate of drug-likeness (QED) is 0.836. The van der Waals surface area contributed by atoms with Crippen molar-refractivity contribution in [2.75, 3.05) is 0 Å². The molecule has 0 saturated heterocycles. The predicted octanol–water partition coefficient (Wildman–Crippen LogP) is 2.07. The first-order chi connectivity index (χ1) is 10.7. The third-order valence-electron chi connectivity index (χ3n) is 5.55. The molecular weight excluding hydrogens is 278 g/mol. The Hall–Kier alpha value is -2.10. The van der Waals surface area contributed by atoms with Crippen LogP contribution in [0.2, 0.25) is 0 Å². The number of carbonyl (C=O) groups excluding carboxylic acids is 1. The van der Waals surface area contributed by atoms with E-state index in [-0.39, 0.29) is 17.7 Å². The number of carboxylic acids is 1. The maximum Gasteiger partial charge on any atom is 0.307 e. The molecule has 0 unspecified atom stereocenters. The molecule has 0 spiro atoms. The summed E-state index contributed by atoms with van der Waals surface area (Å²) >= 11 is 0. The molecule has 4 nitrogen and oxygen atoms in total. The van der Waals surface area contributed by atoms with Gasteiger partial charge in [-0.3, -0.25) is 9.59 Å². The highest BCUT2D eigenvalue weighted by Gasteiger charge is 2.62. The summed E-state index contributed by atoms with van der Waals surface area (Å²) in [6, 6.07) is 9.71. The van der Waals surface area contributed by atoms with Gasteiger partial charge in [-0.15, -0.1) is 0 Å². The fourth-order valence-electron chi connectivity index (χ4n) is 4.47. The lowest BCUT2D eigenvalue weighted by molar-refractivity contribution is -0.153. The highest BCUT2D eigenvalue weighted by atomic mass is 16.4. The molecule has 1 aromatic carbocycles. The molecule has 2 fully saturated rings. The van der Waals surface area contributed by atoms with Crippen molar-refractivity contribution >= 4 is 11.9 Å². The molecule has 5 rings (SSSR count). The van der Waals surface area contributed by atoms with Crippen molar-refractivity contribution in [3.05, 3.63) is 48.0 Å². The second kappa shape index (κ2) is 4.97. The topological polar surface area (TPSA) is 66.4 Å². The van der Waals surface area contributed by atoms with Crippen LogP contribution >= 0.6 is 0 Å². The normalized spacial score (nSPS) is 37.5. The molecule has 0 aliphatic heterocycles. The van der Waals surface area contributed by atoms with Crippen LogP contribution in [0.25, 0.3) is 0 Å². The Bertz CT molecular complexity index is 639. The maximum absolute atomic E-state index is 12.6. The Kier molecular flexibility index (Phi) is 3.06. The number of nitrogens with one attached hydrogen (secondary N) is 1. The number of amides is 1. The number of allylic oxidation sites excluding steroid dienone is 2. The van der Waals surface area contributed by atoms with Crippen LogP contribution in [0.1, 0.15) is 12.0 Å². The lowest BCUT2D eigenvalue weighted by Gasteiger charge is -2.41. The number of fused-ring (bicyclic) bond motifs is 1. The Morgan fingerprint density at radius 3 is 2.32 bits per heavy atom. The third-order valence-corrected chi connectivity index (χ3v) is 5.55. The van der Waals surface area contributed by atoms with Gasteiger partial charge >= 0.3 is 5.97 Å². The molecule has 4 heteroatoms. The first-order valence-electron chi connectivity index (χ1n) is 7.89. The second-order valence-electron chi connectivity index (χ2n) is 6.70. The van der Waals surface area contributed by atoms with E-state index in [9.17, 15) is 14.7 Å². The zero-order chi connectivity index (χ0) is 15.3. The van der Waals surface area contributed by atoms with E-state index < -0.39 is 17.8 Å². The van der Waals surface area contributed by atoms with Crippen molar-refractivity contribution in [3.8, 4) is 0 Å². The molecule has 0 aromatic heterocycles. The minimum Gasteiger partial charge on any atom is -0.481 e. The summed E-state index contributed by atoms with van der Waals surface area (Å²) in [4.78, 5) is 24.3. The number of carboxylic acid groups (broad SMARTS) is 1. The van der Waals surface area contributed by atoms with Gasteiger partial charge in [0, 0.05) is 6.54 Å². The van der Waals surface area contributed by atoms with Crippen LogP contribution in [0, 0.1) is 35.5 Å². The minimum absolute atomic E-state index is 0.0416. The Morgan fingerprint density at radius 1 is 1.05 bits per heavy atom. The summed E-state index contributed by atoms with van der Waals surface area (Å²) in [6.45, 7) is 0.456. The van der Waals surface area contributed by atoms with E-state index in [0.29, 0.717) is 18.4 Å². The lowest BCUT2D eigenvalue weighted by Crippen LogP contribution is -2.49. The van der Waals surface area contributed by atoms with Crippen LogP contribution < -0.4 is 5.32 Å². The zero-order valence-electron chi connectivity index (χ0n) is 12.2. The number of hydrogen-bond acceptors (Lipinski definition) is 2. The van der Waals surface area contributed by atoms with Gasteiger partial charge in [0.2, 0.25) is 5.91 Å². The van der Waals surface area contributed by atoms with Crippen LogP contribution in [-0.4, -0.2) is 17.0 Å². The highest BCUT2D eigenvalue weighted by molar-refractivity contribution is 5.86. The average molecular weight is 297 g/mol. The van der Waals surface area contributed by atoms with Gasteiger partial charge in [-0.2, -0.15) is 0 Å². The van der Waals surface area contributed by atoms with Gasteiger partial charge in [0.25, 0.3) is 0 Å². The molecule has 1 amide bonds. The van der Waals surface area contributed by atoms with Gasteiger partial charge in [-0.25, -0.2) is 0 Å². The fourth-order valence-corrected chi connectivity index (χ4v) is 4.47. The summed E-state index contributed by atoms with van der Waals surface area (Å²) in [5.74, 6) is -0.751. The first-order valence-corrected chi connectivity index (χ1v) is 7.89. The zero-order valence-corrected chi connectivity index (χ0v) is 12.2. The summed E-state index contributed by atoms with van der Waals surface area (Å²) in [5.41, 5.74) is 1.03. The van der Waals surface area contributed by atoms with Crippen LogP contribution in [0.4, 0.5) is 0 Å². The molecule has 2 saturated carbocycles. The van der Waals surface area contributed by atoms with E-state index in [2.05, 4.69) is 11.4 Å². The van der Waals surface area contributed by atoms with Crippen molar-refractivity contribution in [3.63, 3.8) is 0 Å². The van der Waals surface area contributed by atoms with Gasteiger partial charge in [-0.05, 0) is 35.7 Å². The Labute approximate surface area is 129 Å². The Balaban J connectivity index is 1.51. The molecule has 22 heavy (non-hydrogen) atoms. The summed E-state index contributed by atoms with van der Waals surface area (Å²) in [5, 5.41) is 12.5. The maximum atomic E-state index is 12.6. The van der Waals surface area contributed by atoms with Crippen molar-refractivity contribution in [2.45, 2.75) is 13.0 Å². The van der Waals surface area contributed by atoms with Crippen LogP contribution in [0.5, 0.6) is 0 Å². The predicted molar refractivity (Wildman–Crippen MR) is 80.6 cm³/mol. The van der Waals surface area contributed by atoms with E-state index in [1.807, 2.05) is 36.4 Å². The monoisotopic (exact) mass is 297 g/mol. The number of hydrogen-bond donors (Lipinski definition) is 2. The molecule has 4 aliphatic rings. The van der Waals surface area contributed by atoms with E-state index in [1.54, 1.807) is 0 Å². The molecule has 4 aliphatic carbocycles. The number of rotatable bonds is 4. The smallest absolute Gasteiger partial charge is 0.307 e. The summed E-state index contributed by atoms with van der Waals surface area (Å²) in [6.07, 6.45) is 5.21. The first kappa shape index (κ1) is 13.6. The van der Waals surface area contributed by atoms with Crippen molar-refractivity contribution < 1.29 is 14.7 Å². The molecule has 2 bridgehead atoms. The van der Waals surface area contributed by atoms with Crippen LogP contribution in [-0.2, 0) is 16.1 Å². The largest absolute Gasteiger partial charge is 0.481 e. The van der Waals surface area contributed by atoms with Crippen molar-refractivity contribution in [1.29, 1.82) is 0 Å². The molecule has 0 radical (unpaired) electrons. The number of benzene rings is 1.